The molecule has 0 saturated carbocycles. The molecule has 124 valence electrons. The van der Waals surface area contributed by atoms with Gasteiger partial charge in [-0.05, 0) is 17.7 Å². The minimum atomic E-state index is -0.374. The number of ether oxygens (including phenoxy) is 1. The number of aromatic nitrogens is 4. The van der Waals surface area contributed by atoms with Gasteiger partial charge in [0.2, 0.25) is 0 Å². The van der Waals surface area contributed by atoms with E-state index in [0.29, 0.717) is 17.3 Å². The van der Waals surface area contributed by atoms with Gasteiger partial charge in [0.05, 0.1) is 30.6 Å². The van der Waals surface area contributed by atoms with Gasteiger partial charge >= 0.3 is 0 Å². The van der Waals surface area contributed by atoms with Crippen molar-refractivity contribution < 1.29 is 9.53 Å². The number of amides is 1. The van der Waals surface area contributed by atoms with E-state index in [2.05, 4.69) is 15.5 Å². The normalized spacial score (nSPS) is 10.6. The van der Waals surface area contributed by atoms with Crippen LogP contribution in [-0.4, -0.2) is 32.6 Å². The molecule has 0 unspecified atom stereocenters. The van der Waals surface area contributed by atoms with Crippen LogP contribution >= 0.6 is 11.6 Å². The Balaban J connectivity index is 1.69. The molecule has 0 saturated heterocycles. The largest absolute Gasteiger partial charge is 0.497 e. The van der Waals surface area contributed by atoms with Gasteiger partial charge in [-0.1, -0.05) is 23.7 Å². The van der Waals surface area contributed by atoms with Gasteiger partial charge in [0.15, 0.2) is 5.69 Å². The highest BCUT2D eigenvalue weighted by molar-refractivity contribution is 6.34. The molecule has 8 heteroatoms. The molecule has 0 fully saturated rings. The molecule has 2 heterocycles. The van der Waals surface area contributed by atoms with Crippen LogP contribution in [0, 0.1) is 0 Å². The molecule has 2 aromatic heterocycles. The number of halogens is 1. The maximum absolute atomic E-state index is 12.2. The van der Waals surface area contributed by atoms with Crippen LogP contribution in [0.2, 0.25) is 5.02 Å². The van der Waals surface area contributed by atoms with Crippen molar-refractivity contribution in [3.8, 4) is 5.75 Å². The van der Waals surface area contributed by atoms with E-state index >= 15 is 0 Å². The molecule has 1 N–H and O–H groups in total. The third kappa shape index (κ3) is 3.57. The number of aryl methyl sites for hydroxylation is 1. The fraction of sp³-hybridized carbons (Fsp3) is 0.188. The summed E-state index contributed by atoms with van der Waals surface area (Å²) in [5, 5.41) is 11.3. The Kier molecular flexibility index (Phi) is 4.52. The maximum Gasteiger partial charge on any atom is 0.277 e. The Morgan fingerprint density at radius 1 is 1.38 bits per heavy atom. The van der Waals surface area contributed by atoms with Crippen LogP contribution in [0.3, 0.4) is 0 Å². The summed E-state index contributed by atoms with van der Waals surface area (Å²) < 4.78 is 8.42. The zero-order valence-corrected chi connectivity index (χ0v) is 14.0. The molecular weight excluding hydrogens is 330 g/mol. The van der Waals surface area contributed by atoms with Crippen LogP contribution in [0.1, 0.15) is 16.1 Å². The Hall–Kier alpha value is -2.80. The molecule has 3 aromatic rings. The van der Waals surface area contributed by atoms with Crippen LogP contribution in [-0.2, 0) is 13.6 Å². The van der Waals surface area contributed by atoms with E-state index in [9.17, 15) is 4.79 Å². The van der Waals surface area contributed by atoms with E-state index in [1.807, 2.05) is 24.3 Å². The Bertz CT molecular complexity index is 871. The van der Waals surface area contributed by atoms with Crippen molar-refractivity contribution >= 4 is 23.2 Å². The minimum absolute atomic E-state index is 0.180. The molecular formula is C16H16ClN5O2. The number of carbonyl (C=O) groups excluding carboxylic acids is 1. The van der Waals surface area contributed by atoms with Crippen molar-refractivity contribution in [2.24, 2.45) is 7.05 Å². The third-order valence-electron chi connectivity index (χ3n) is 3.37. The topological polar surface area (TPSA) is 74.0 Å². The quantitative estimate of drug-likeness (QED) is 0.771. The first kappa shape index (κ1) is 16.1. The highest BCUT2D eigenvalue weighted by Gasteiger charge is 2.15. The van der Waals surface area contributed by atoms with E-state index < -0.39 is 0 Å². The van der Waals surface area contributed by atoms with Crippen molar-refractivity contribution in [3.05, 3.63) is 59.1 Å². The van der Waals surface area contributed by atoms with Crippen molar-refractivity contribution in [1.29, 1.82) is 0 Å². The third-order valence-corrected chi connectivity index (χ3v) is 3.65. The lowest BCUT2D eigenvalue weighted by molar-refractivity contribution is 0.102. The lowest BCUT2D eigenvalue weighted by Crippen LogP contribution is -2.13. The predicted molar refractivity (Wildman–Crippen MR) is 90.5 cm³/mol. The lowest BCUT2D eigenvalue weighted by atomic mass is 10.2. The molecule has 0 aliphatic heterocycles. The Labute approximate surface area is 143 Å². The summed E-state index contributed by atoms with van der Waals surface area (Å²) in [5.74, 6) is 0.416. The highest BCUT2D eigenvalue weighted by atomic mass is 35.5. The molecule has 0 atom stereocenters. The van der Waals surface area contributed by atoms with Crippen molar-refractivity contribution in [2.45, 2.75) is 6.54 Å². The van der Waals surface area contributed by atoms with E-state index in [0.717, 1.165) is 11.3 Å². The molecule has 0 spiro atoms. The number of anilines is 1. The average molecular weight is 346 g/mol. The number of nitrogens with zero attached hydrogens (tertiary/aromatic N) is 4. The number of benzene rings is 1. The van der Waals surface area contributed by atoms with Crippen LogP contribution in [0.5, 0.6) is 5.75 Å². The van der Waals surface area contributed by atoms with Crippen LogP contribution in [0.4, 0.5) is 5.69 Å². The zero-order valence-electron chi connectivity index (χ0n) is 13.2. The second-order valence-corrected chi connectivity index (χ2v) is 5.64. The first-order valence-electron chi connectivity index (χ1n) is 7.21. The molecule has 0 aliphatic rings. The molecule has 0 aliphatic carbocycles. The highest BCUT2D eigenvalue weighted by Crippen LogP contribution is 2.17. The van der Waals surface area contributed by atoms with Crippen LogP contribution in [0.15, 0.2) is 42.9 Å². The zero-order chi connectivity index (χ0) is 17.1. The van der Waals surface area contributed by atoms with Gasteiger partial charge in [-0.25, -0.2) is 0 Å². The molecule has 24 heavy (non-hydrogen) atoms. The number of hydrogen-bond acceptors (Lipinski definition) is 4. The summed E-state index contributed by atoms with van der Waals surface area (Å²) in [4.78, 5) is 12.2. The standard InChI is InChI=1S/C16H16ClN5O2/c1-21-10-14(17)15(20-21)16(23)19-12-7-18-22(9-12)8-11-4-3-5-13(6-11)24-2/h3-7,9-10H,8H2,1-2H3,(H,19,23). The summed E-state index contributed by atoms with van der Waals surface area (Å²) in [5.41, 5.74) is 1.80. The monoisotopic (exact) mass is 345 g/mol. The first-order valence-corrected chi connectivity index (χ1v) is 7.59. The molecule has 0 bridgehead atoms. The van der Waals surface area contributed by atoms with Crippen molar-refractivity contribution in [3.63, 3.8) is 0 Å². The van der Waals surface area contributed by atoms with Crippen molar-refractivity contribution in [2.75, 3.05) is 12.4 Å². The van der Waals surface area contributed by atoms with Gasteiger partial charge < -0.3 is 10.1 Å². The number of rotatable bonds is 5. The summed E-state index contributed by atoms with van der Waals surface area (Å²) in [6.07, 6.45) is 4.89. The second kappa shape index (κ2) is 6.76. The second-order valence-electron chi connectivity index (χ2n) is 5.23. The number of nitrogens with one attached hydrogen (secondary N) is 1. The van der Waals surface area contributed by atoms with Gasteiger partial charge in [-0.3, -0.25) is 14.2 Å². The summed E-state index contributed by atoms with van der Waals surface area (Å²) in [6, 6.07) is 7.72. The van der Waals surface area contributed by atoms with Gasteiger partial charge in [-0.2, -0.15) is 10.2 Å². The SMILES string of the molecule is COc1cccc(Cn2cc(NC(=O)c3nn(C)cc3Cl)cn2)c1. The average Bonchev–Trinajstić information content (AvgIpc) is 3.13. The summed E-state index contributed by atoms with van der Waals surface area (Å²) in [6.45, 7) is 0.567. The molecule has 1 amide bonds. The molecule has 3 rings (SSSR count). The van der Waals surface area contributed by atoms with Crippen molar-refractivity contribution in [1.82, 2.24) is 19.6 Å². The van der Waals surface area contributed by atoms with E-state index in [-0.39, 0.29) is 11.6 Å². The number of carbonyl (C=O) groups is 1. The fourth-order valence-electron chi connectivity index (χ4n) is 2.28. The van der Waals surface area contributed by atoms with E-state index in [4.69, 9.17) is 16.3 Å². The fourth-order valence-corrected chi connectivity index (χ4v) is 2.54. The van der Waals surface area contributed by atoms with Gasteiger partial charge in [-0.15, -0.1) is 0 Å². The maximum atomic E-state index is 12.2. The Morgan fingerprint density at radius 3 is 2.92 bits per heavy atom. The predicted octanol–water partition coefficient (Wildman–Crippen LogP) is 2.58. The number of methoxy groups -OCH3 is 1. The van der Waals surface area contributed by atoms with Gasteiger partial charge in [0, 0.05) is 19.4 Å². The summed E-state index contributed by atoms with van der Waals surface area (Å²) >= 11 is 5.97. The van der Waals surface area contributed by atoms with Crippen LogP contribution in [0.25, 0.3) is 0 Å². The molecule has 0 radical (unpaired) electrons. The van der Waals surface area contributed by atoms with E-state index in [1.165, 1.54) is 4.68 Å². The smallest absolute Gasteiger partial charge is 0.277 e. The van der Waals surface area contributed by atoms with Crippen LogP contribution < -0.4 is 10.1 Å². The van der Waals surface area contributed by atoms with Gasteiger partial charge in [0.1, 0.15) is 5.75 Å². The molecule has 7 nitrogen and oxygen atoms in total. The lowest BCUT2D eigenvalue weighted by Gasteiger charge is -2.04. The van der Waals surface area contributed by atoms with E-state index in [1.54, 1.807) is 37.4 Å². The minimum Gasteiger partial charge on any atom is -0.497 e. The van der Waals surface area contributed by atoms with Gasteiger partial charge in [0.25, 0.3) is 5.91 Å². The first-order chi connectivity index (χ1) is 11.5. The summed E-state index contributed by atoms with van der Waals surface area (Å²) in [7, 11) is 3.33. The Morgan fingerprint density at radius 2 is 2.21 bits per heavy atom. The molecule has 1 aromatic carbocycles. The number of hydrogen-bond donors (Lipinski definition) is 1.